The fourth-order valence-corrected chi connectivity index (χ4v) is 4.21. The summed E-state index contributed by atoms with van der Waals surface area (Å²) in [5, 5.41) is 1.74. The van der Waals surface area contributed by atoms with E-state index in [9.17, 15) is 9.18 Å². The lowest BCUT2D eigenvalue weighted by Crippen LogP contribution is -2.41. The van der Waals surface area contributed by atoms with Crippen LogP contribution in [0.15, 0.2) is 11.4 Å². The van der Waals surface area contributed by atoms with Crippen LogP contribution in [0.5, 0.6) is 0 Å². The molecule has 1 unspecified atom stereocenters. The van der Waals surface area contributed by atoms with Crippen LogP contribution < -0.4 is 0 Å². The van der Waals surface area contributed by atoms with E-state index in [4.69, 9.17) is 4.43 Å². The van der Waals surface area contributed by atoms with Gasteiger partial charge in [0.2, 0.25) is 0 Å². The van der Waals surface area contributed by atoms with Gasteiger partial charge in [0.1, 0.15) is 5.82 Å². The Morgan fingerprint density at radius 2 is 2.10 bits per heavy atom. The normalized spacial score (nSPS) is 14.2. The van der Waals surface area contributed by atoms with E-state index in [2.05, 4.69) is 33.9 Å². The summed E-state index contributed by atoms with van der Waals surface area (Å²) in [6.07, 6.45) is 0. The molecule has 0 aliphatic rings. The Balaban J connectivity index is 2.76. The van der Waals surface area contributed by atoms with Crippen molar-refractivity contribution in [3.8, 4) is 0 Å². The third-order valence-corrected chi connectivity index (χ3v) is 10.5. The van der Waals surface area contributed by atoms with E-state index >= 15 is 0 Å². The van der Waals surface area contributed by atoms with Crippen LogP contribution in [-0.2, 0) is 9.22 Å². The molecule has 0 aromatic carbocycles. The summed E-state index contributed by atoms with van der Waals surface area (Å²) in [6.45, 7) is 13.1. The van der Waals surface area contributed by atoms with Crippen molar-refractivity contribution in [1.82, 2.24) is 0 Å². The fraction of sp³-hybridized carbons (Fsp3) is 0.667. The minimum atomic E-state index is -1.83. The van der Waals surface area contributed by atoms with E-state index in [1.165, 1.54) is 28.5 Å². The van der Waals surface area contributed by atoms with Gasteiger partial charge in [0.25, 0.3) is 0 Å². The fourth-order valence-electron chi connectivity index (χ4n) is 1.50. The molecule has 0 aliphatic carbocycles. The van der Waals surface area contributed by atoms with E-state index in [0.29, 0.717) is 12.4 Å². The van der Waals surface area contributed by atoms with Crippen molar-refractivity contribution in [3.63, 3.8) is 0 Å². The zero-order valence-electron chi connectivity index (χ0n) is 13.7. The summed E-state index contributed by atoms with van der Waals surface area (Å²) in [6, 6.07) is 1.56. The standard InChI is InChI=1S/C15H25FO2S2Si/c1-11(17)19-9-12(14-7-13(16)10-20-14)8-18-21(5,6)15(2,3)4/h7,10,12H,8-9H2,1-6H3. The van der Waals surface area contributed by atoms with Crippen LogP contribution in [0.3, 0.4) is 0 Å². The summed E-state index contributed by atoms with van der Waals surface area (Å²) in [5.74, 6) is 0.506. The maximum atomic E-state index is 13.3. The number of carbonyl (C=O) groups excluding carboxylic acids is 1. The first-order chi connectivity index (χ1) is 9.53. The van der Waals surface area contributed by atoms with E-state index in [0.717, 1.165) is 4.88 Å². The molecular formula is C15H25FO2S2Si. The molecule has 2 nitrogen and oxygen atoms in total. The van der Waals surface area contributed by atoms with Crippen LogP contribution in [0.2, 0.25) is 18.1 Å². The Morgan fingerprint density at radius 1 is 1.48 bits per heavy atom. The Hall–Kier alpha value is -0.173. The molecular weight excluding hydrogens is 323 g/mol. The first kappa shape index (κ1) is 18.9. The SMILES string of the molecule is CC(=O)SCC(CO[Si](C)(C)C(C)(C)C)c1cc(F)cs1. The molecule has 21 heavy (non-hydrogen) atoms. The molecule has 0 saturated heterocycles. The molecule has 0 radical (unpaired) electrons. The predicted molar refractivity (Wildman–Crippen MR) is 93.3 cm³/mol. The molecule has 0 bridgehead atoms. The van der Waals surface area contributed by atoms with E-state index in [1.807, 2.05) is 0 Å². The van der Waals surface area contributed by atoms with Crippen molar-refractivity contribution >= 4 is 36.5 Å². The highest BCUT2D eigenvalue weighted by molar-refractivity contribution is 8.13. The second kappa shape index (κ2) is 7.40. The van der Waals surface area contributed by atoms with E-state index in [-0.39, 0.29) is 21.9 Å². The van der Waals surface area contributed by atoms with Crippen molar-refractivity contribution in [3.05, 3.63) is 22.1 Å². The predicted octanol–water partition coefficient (Wildman–Crippen LogP) is 5.27. The molecule has 0 spiro atoms. The largest absolute Gasteiger partial charge is 0.416 e. The first-order valence-electron chi connectivity index (χ1n) is 7.04. The van der Waals surface area contributed by atoms with Gasteiger partial charge in [-0.15, -0.1) is 11.3 Å². The van der Waals surface area contributed by atoms with Gasteiger partial charge in [-0.25, -0.2) is 4.39 Å². The van der Waals surface area contributed by atoms with Gasteiger partial charge in [0, 0.05) is 35.5 Å². The Kier molecular flexibility index (Phi) is 6.65. The molecule has 0 amide bonds. The minimum Gasteiger partial charge on any atom is -0.416 e. The molecule has 0 fully saturated rings. The molecule has 0 N–H and O–H groups in total. The molecule has 1 rings (SSSR count). The lowest BCUT2D eigenvalue weighted by atomic mass is 10.1. The van der Waals surface area contributed by atoms with Gasteiger partial charge in [-0.05, 0) is 24.2 Å². The van der Waals surface area contributed by atoms with Gasteiger partial charge in [0.05, 0.1) is 0 Å². The Bertz CT molecular complexity index is 480. The van der Waals surface area contributed by atoms with Crippen molar-refractivity contribution in [1.29, 1.82) is 0 Å². The van der Waals surface area contributed by atoms with Crippen molar-refractivity contribution in [2.24, 2.45) is 0 Å². The lowest BCUT2D eigenvalue weighted by Gasteiger charge is -2.37. The average molecular weight is 349 g/mol. The number of hydrogen-bond donors (Lipinski definition) is 0. The Morgan fingerprint density at radius 3 is 2.52 bits per heavy atom. The van der Waals surface area contributed by atoms with Crippen molar-refractivity contribution in [2.45, 2.75) is 51.7 Å². The van der Waals surface area contributed by atoms with Crippen molar-refractivity contribution < 1.29 is 13.6 Å². The van der Waals surface area contributed by atoms with Crippen LogP contribution in [0.25, 0.3) is 0 Å². The van der Waals surface area contributed by atoms with Crippen LogP contribution in [0, 0.1) is 5.82 Å². The number of thioether (sulfide) groups is 1. The molecule has 0 saturated carbocycles. The average Bonchev–Trinajstić information content (AvgIpc) is 2.73. The van der Waals surface area contributed by atoms with Crippen LogP contribution >= 0.6 is 23.1 Å². The molecule has 1 heterocycles. The highest BCUT2D eigenvalue weighted by atomic mass is 32.2. The summed E-state index contributed by atoms with van der Waals surface area (Å²) in [5.41, 5.74) is 0. The Labute approximate surface area is 136 Å². The van der Waals surface area contributed by atoms with E-state index < -0.39 is 8.32 Å². The maximum absolute atomic E-state index is 13.3. The lowest BCUT2D eigenvalue weighted by molar-refractivity contribution is -0.109. The smallest absolute Gasteiger partial charge is 0.192 e. The second-order valence-electron chi connectivity index (χ2n) is 6.74. The third kappa shape index (κ3) is 5.85. The number of halogens is 1. The zero-order chi connectivity index (χ0) is 16.3. The molecule has 0 aliphatic heterocycles. The number of hydrogen-bond acceptors (Lipinski definition) is 4. The number of carbonyl (C=O) groups is 1. The van der Waals surface area contributed by atoms with Gasteiger partial charge < -0.3 is 4.43 Å². The summed E-state index contributed by atoms with van der Waals surface area (Å²) in [4.78, 5) is 12.2. The molecule has 6 heteroatoms. The zero-order valence-corrected chi connectivity index (χ0v) is 16.3. The van der Waals surface area contributed by atoms with Gasteiger partial charge in [-0.3, -0.25) is 4.79 Å². The molecule has 120 valence electrons. The number of rotatable bonds is 6. The molecule has 1 atom stereocenters. The van der Waals surface area contributed by atoms with Crippen LogP contribution in [0.1, 0.15) is 38.5 Å². The number of thiophene rings is 1. The van der Waals surface area contributed by atoms with E-state index in [1.54, 1.807) is 13.0 Å². The van der Waals surface area contributed by atoms with Gasteiger partial charge >= 0.3 is 0 Å². The van der Waals surface area contributed by atoms with Crippen LogP contribution in [0.4, 0.5) is 4.39 Å². The van der Waals surface area contributed by atoms with Gasteiger partial charge in [-0.2, -0.15) is 0 Å². The third-order valence-electron chi connectivity index (χ3n) is 3.93. The molecule has 1 aromatic heterocycles. The first-order valence-corrected chi connectivity index (χ1v) is 11.8. The van der Waals surface area contributed by atoms with Gasteiger partial charge in [-0.1, -0.05) is 32.5 Å². The summed E-state index contributed by atoms with van der Waals surface area (Å²) >= 11 is 2.69. The summed E-state index contributed by atoms with van der Waals surface area (Å²) in [7, 11) is -1.83. The molecule has 1 aromatic rings. The van der Waals surface area contributed by atoms with Crippen molar-refractivity contribution in [2.75, 3.05) is 12.4 Å². The van der Waals surface area contributed by atoms with Gasteiger partial charge in [0.15, 0.2) is 13.4 Å². The second-order valence-corrected chi connectivity index (χ2v) is 13.7. The topological polar surface area (TPSA) is 26.3 Å². The summed E-state index contributed by atoms with van der Waals surface area (Å²) < 4.78 is 19.5. The monoisotopic (exact) mass is 348 g/mol. The highest BCUT2D eigenvalue weighted by Gasteiger charge is 2.37. The maximum Gasteiger partial charge on any atom is 0.192 e. The van der Waals surface area contributed by atoms with Crippen LogP contribution in [-0.4, -0.2) is 25.8 Å². The quantitative estimate of drug-likeness (QED) is 0.655. The minimum absolute atomic E-state index is 0.0718. The highest BCUT2D eigenvalue weighted by Crippen LogP contribution is 2.38.